The second-order valence-corrected chi connectivity index (χ2v) is 8.31. The summed E-state index contributed by atoms with van der Waals surface area (Å²) >= 11 is 4.17. The first-order valence-electron chi connectivity index (χ1n) is 8.74. The van der Waals surface area contributed by atoms with E-state index in [0.29, 0.717) is 24.7 Å². The molecule has 148 valence electrons. The fraction of sp³-hybridized carbons (Fsp3) is 0.400. The Morgan fingerprint density at radius 2 is 1.15 bits per heavy atom. The van der Waals surface area contributed by atoms with E-state index in [1.165, 1.54) is 0 Å². The third-order valence-electron chi connectivity index (χ3n) is 4.05. The molecule has 7 heteroatoms. The summed E-state index contributed by atoms with van der Waals surface area (Å²) in [6, 6.07) is 7.40. The summed E-state index contributed by atoms with van der Waals surface area (Å²) in [6.45, 7) is 8.63. The lowest BCUT2D eigenvalue weighted by Gasteiger charge is -2.22. The van der Waals surface area contributed by atoms with Crippen molar-refractivity contribution < 1.29 is 24.4 Å². The number of hydrogen-bond donors (Lipinski definition) is 2. The minimum atomic E-state index is -0.213. The minimum absolute atomic E-state index is 0.149. The van der Waals surface area contributed by atoms with Crippen LogP contribution in [-0.4, -0.2) is 23.4 Å². The van der Waals surface area contributed by atoms with Gasteiger partial charge in [-0.1, -0.05) is 0 Å². The molecule has 5 nitrogen and oxygen atoms in total. The zero-order chi connectivity index (χ0) is 20.1. The van der Waals surface area contributed by atoms with Gasteiger partial charge in [-0.3, -0.25) is 0 Å². The second kappa shape index (κ2) is 10.0. The maximum absolute atomic E-state index is 10.1. The van der Waals surface area contributed by atoms with Gasteiger partial charge in [0.25, 0.3) is 0 Å². The molecule has 2 rings (SSSR count). The average molecular weight is 598 g/mol. The Hall–Kier alpha value is -0.940. The van der Waals surface area contributed by atoms with Crippen LogP contribution in [0.25, 0.3) is 0 Å². The summed E-state index contributed by atoms with van der Waals surface area (Å²) in [7, 11) is 0. The maximum Gasteiger partial charge on any atom is 0.171 e. The molecule has 0 aromatic heterocycles. The van der Waals surface area contributed by atoms with Crippen molar-refractivity contribution in [1.82, 2.24) is 0 Å². The van der Waals surface area contributed by atoms with E-state index < -0.39 is 0 Å². The summed E-state index contributed by atoms with van der Waals surface area (Å²) in [5.41, 5.74) is 1.84. The molecule has 0 radical (unpaired) electrons. The molecule has 2 aromatic carbocycles. The number of aromatic hydroxyl groups is 2. The van der Waals surface area contributed by atoms with E-state index >= 15 is 0 Å². The molecule has 27 heavy (non-hydrogen) atoms. The summed E-state index contributed by atoms with van der Waals surface area (Å²) in [5.74, 6) is 1.22. The van der Waals surface area contributed by atoms with Gasteiger partial charge in [-0.05, 0) is 108 Å². The molecule has 0 heterocycles. The summed E-state index contributed by atoms with van der Waals surface area (Å²) < 4.78 is 18.7. The first kappa shape index (κ1) is 22.4. The highest BCUT2D eigenvalue weighted by atomic mass is 127. The van der Waals surface area contributed by atoms with Crippen LogP contribution in [0.5, 0.6) is 23.0 Å². The first-order valence-corrected chi connectivity index (χ1v) is 10.9. The van der Waals surface area contributed by atoms with E-state index in [-0.39, 0.29) is 23.7 Å². The normalized spacial score (nSPS) is 13.3. The van der Waals surface area contributed by atoms with Crippen LogP contribution in [0, 0.1) is 7.14 Å². The lowest BCUT2D eigenvalue weighted by molar-refractivity contribution is 0.00551. The number of halogens is 2. The minimum Gasteiger partial charge on any atom is -0.504 e. The topological polar surface area (TPSA) is 68.2 Å². The molecule has 0 spiro atoms. The van der Waals surface area contributed by atoms with E-state index in [1.54, 1.807) is 0 Å². The fourth-order valence-electron chi connectivity index (χ4n) is 2.65. The van der Waals surface area contributed by atoms with E-state index in [4.69, 9.17) is 14.2 Å². The zero-order valence-corrected chi connectivity index (χ0v) is 20.1. The summed E-state index contributed by atoms with van der Waals surface area (Å²) in [6.07, 6.45) is -0.425. The van der Waals surface area contributed by atoms with Crippen molar-refractivity contribution in [2.24, 2.45) is 0 Å². The average Bonchev–Trinajstić information content (AvgIpc) is 2.62. The number of benzene rings is 2. The highest BCUT2D eigenvalue weighted by Gasteiger charge is 2.19. The van der Waals surface area contributed by atoms with Gasteiger partial charge in [0, 0.05) is 0 Å². The van der Waals surface area contributed by atoms with Crippen molar-refractivity contribution in [2.75, 3.05) is 13.2 Å². The molecule has 0 saturated carbocycles. The molecule has 0 amide bonds. The molecular weight excluding hydrogens is 574 g/mol. The third kappa shape index (κ3) is 5.54. The molecule has 2 N–H and O–H groups in total. The van der Waals surface area contributed by atoms with E-state index in [0.717, 1.165) is 18.3 Å². The largest absolute Gasteiger partial charge is 0.504 e. The SMILES string of the molecule is CCOc1cc(C(C)OC(C)c2cc(I)c(O)c(OCC)c2)cc(I)c1O. The Morgan fingerprint density at radius 1 is 0.778 bits per heavy atom. The summed E-state index contributed by atoms with van der Waals surface area (Å²) in [5, 5.41) is 20.2. The fourth-order valence-corrected chi connectivity index (χ4v) is 3.90. The van der Waals surface area contributed by atoms with Crippen molar-refractivity contribution >= 4 is 45.2 Å². The predicted octanol–water partition coefficient (Wildman–Crippen LogP) is 5.94. The van der Waals surface area contributed by atoms with Crippen molar-refractivity contribution in [3.63, 3.8) is 0 Å². The van der Waals surface area contributed by atoms with Gasteiger partial charge in [0.05, 0.1) is 32.6 Å². The molecule has 2 aromatic rings. The highest BCUT2D eigenvalue weighted by Crippen LogP contribution is 2.39. The molecule has 0 saturated heterocycles. The maximum atomic E-state index is 10.1. The molecule has 2 atom stereocenters. The number of hydrogen-bond acceptors (Lipinski definition) is 5. The molecule has 0 bridgehead atoms. The Balaban J connectivity index is 2.24. The zero-order valence-electron chi connectivity index (χ0n) is 15.8. The van der Waals surface area contributed by atoms with Crippen molar-refractivity contribution in [3.8, 4) is 23.0 Å². The van der Waals surface area contributed by atoms with E-state index in [2.05, 4.69) is 45.2 Å². The first-order chi connectivity index (χ1) is 12.8. The van der Waals surface area contributed by atoms with Crippen molar-refractivity contribution in [1.29, 1.82) is 0 Å². The van der Waals surface area contributed by atoms with Crippen LogP contribution >= 0.6 is 45.2 Å². The van der Waals surface area contributed by atoms with Gasteiger partial charge in [-0.15, -0.1) is 0 Å². The van der Waals surface area contributed by atoms with Gasteiger partial charge < -0.3 is 24.4 Å². The standard InChI is InChI=1S/C20H24I2O5/c1-5-25-17-9-13(7-15(21)19(17)23)11(3)27-12(4)14-8-16(22)20(24)18(10-14)26-6-2/h7-12,23-24H,5-6H2,1-4H3. The second-order valence-electron chi connectivity index (χ2n) is 5.99. The van der Waals surface area contributed by atoms with Crippen LogP contribution in [0.1, 0.15) is 51.0 Å². The van der Waals surface area contributed by atoms with Gasteiger partial charge in [0.2, 0.25) is 0 Å². The lowest BCUT2D eigenvalue weighted by atomic mass is 10.1. The van der Waals surface area contributed by atoms with Crippen LogP contribution in [0.2, 0.25) is 0 Å². The monoisotopic (exact) mass is 598 g/mol. The molecular formula is C20H24I2O5. The van der Waals surface area contributed by atoms with E-state index in [1.807, 2.05) is 52.0 Å². The number of rotatable bonds is 8. The third-order valence-corrected chi connectivity index (χ3v) is 5.69. The Labute approximate surface area is 187 Å². The summed E-state index contributed by atoms with van der Waals surface area (Å²) in [4.78, 5) is 0. The molecule has 0 aliphatic carbocycles. The molecule has 0 fully saturated rings. The predicted molar refractivity (Wildman–Crippen MR) is 122 cm³/mol. The van der Waals surface area contributed by atoms with Gasteiger partial charge in [0.1, 0.15) is 0 Å². The Bertz CT molecular complexity index is 729. The Morgan fingerprint density at radius 3 is 1.48 bits per heavy atom. The van der Waals surface area contributed by atoms with Crippen molar-refractivity contribution in [3.05, 3.63) is 42.5 Å². The quantitative estimate of drug-likeness (QED) is 0.369. The van der Waals surface area contributed by atoms with Gasteiger partial charge in [-0.25, -0.2) is 0 Å². The van der Waals surface area contributed by atoms with Crippen LogP contribution in [0.15, 0.2) is 24.3 Å². The van der Waals surface area contributed by atoms with Gasteiger partial charge in [0.15, 0.2) is 23.0 Å². The van der Waals surface area contributed by atoms with Gasteiger partial charge >= 0.3 is 0 Å². The van der Waals surface area contributed by atoms with Crippen LogP contribution in [0.3, 0.4) is 0 Å². The molecule has 0 aliphatic rings. The molecule has 0 aliphatic heterocycles. The Kier molecular flexibility index (Phi) is 8.29. The number of phenols is 2. The van der Waals surface area contributed by atoms with Crippen LogP contribution in [0.4, 0.5) is 0 Å². The number of phenolic OH excluding ortho intramolecular Hbond substituents is 2. The van der Waals surface area contributed by atoms with Gasteiger partial charge in [-0.2, -0.15) is 0 Å². The van der Waals surface area contributed by atoms with Crippen molar-refractivity contribution in [2.45, 2.75) is 39.9 Å². The number of ether oxygens (including phenoxy) is 3. The van der Waals surface area contributed by atoms with Crippen LogP contribution < -0.4 is 9.47 Å². The van der Waals surface area contributed by atoms with E-state index in [9.17, 15) is 10.2 Å². The smallest absolute Gasteiger partial charge is 0.171 e. The van der Waals surface area contributed by atoms with Crippen LogP contribution in [-0.2, 0) is 4.74 Å². The lowest BCUT2D eigenvalue weighted by Crippen LogP contribution is -2.07. The molecule has 2 unspecified atom stereocenters. The highest BCUT2D eigenvalue weighted by molar-refractivity contribution is 14.1.